The van der Waals surface area contributed by atoms with Gasteiger partial charge in [0.1, 0.15) is 0 Å². The van der Waals surface area contributed by atoms with Crippen LogP contribution in [0.1, 0.15) is 70.9 Å². The van der Waals surface area contributed by atoms with Crippen molar-refractivity contribution < 1.29 is 14.3 Å². The normalized spacial score (nSPS) is 23.7. The summed E-state index contributed by atoms with van der Waals surface area (Å²) in [5.74, 6) is 0.728. The molecule has 0 radical (unpaired) electrons. The van der Waals surface area contributed by atoms with Crippen molar-refractivity contribution in [1.82, 2.24) is 19.8 Å². The lowest BCUT2D eigenvalue weighted by Gasteiger charge is -2.39. The van der Waals surface area contributed by atoms with Crippen molar-refractivity contribution in [3.05, 3.63) is 74.5 Å². The Labute approximate surface area is 241 Å². The number of aromatic amines is 1. The number of benzene rings is 1. The van der Waals surface area contributed by atoms with Crippen molar-refractivity contribution in [2.24, 2.45) is 5.92 Å². The van der Waals surface area contributed by atoms with E-state index in [1.807, 2.05) is 45.2 Å². The molecule has 216 valence electrons. The second kappa shape index (κ2) is 10.3. The molecular formula is C33H40N4O4. The van der Waals surface area contributed by atoms with Crippen molar-refractivity contribution in [3.63, 3.8) is 0 Å². The van der Waals surface area contributed by atoms with Crippen LogP contribution in [-0.2, 0) is 13.0 Å². The summed E-state index contributed by atoms with van der Waals surface area (Å²) in [5, 5.41) is 0. The molecule has 2 aromatic heterocycles. The van der Waals surface area contributed by atoms with Gasteiger partial charge >= 0.3 is 0 Å². The first-order valence-corrected chi connectivity index (χ1v) is 14.7. The minimum atomic E-state index is -0.805. The second-order valence-electron chi connectivity index (χ2n) is 12.4. The zero-order valence-electron chi connectivity index (χ0n) is 25.0. The van der Waals surface area contributed by atoms with E-state index in [1.165, 1.54) is 0 Å². The van der Waals surface area contributed by atoms with E-state index in [1.54, 1.807) is 11.1 Å². The van der Waals surface area contributed by atoms with Gasteiger partial charge < -0.3 is 24.3 Å². The van der Waals surface area contributed by atoms with Crippen LogP contribution >= 0.6 is 0 Å². The molecule has 1 atom stereocenters. The zero-order valence-corrected chi connectivity index (χ0v) is 25.0. The van der Waals surface area contributed by atoms with Crippen molar-refractivity contribution in [2.45, 2.75) is 78.2 Å². The number of aromatic nitrogens is 2. The number of hydrogen-bond donors (Lipinski definition) is 1. The standard InChI is InChI=1S/C33H40N4O4/c1-19-16-20(2)35-31(38)26(19)18-37-15-13-25-27(32(37)39)21(3)29-30(28(25)22-8-7-14-34-17-22)41-33(4,40-29)23-9-11-24(12-10-23)36(5)6/h7-8,14,16-17,23-24H,9-13,15,18H2,1-6H3,(H,35,38)/t23?,24?,33-/m1/s1. The van der Waals surface area contributed by atoms with E-state index < -0.39 is 5.79 Å². The van der Waals surface area contributed by atoms with Crippen LogP contribution in [0.2, 0.25) is 0 Å². The number of hydrogen-bond acceptors (Lipinski definition) is 6. The molecule has 41 heavy (non-hydrogen) atoms. The molecule has 8 heteroatoms. The molecule has 8 nitrogen and oxygen atoms in total. The van der Waals surface area contributed by atoms with E-state index in [2.05, 4.69) is 35.9 Å². The fraction of sp³-hybridized carbons (Fsp3) is 0.485. The largest absolute Gasteiger partial charge is 0.448 e. The van der Waals surface area contributed by atoms with Gasteiger partial charge in [-0.2, -0.15) is 0 Å². The van der Waals surface area contributed by atoms with E-state index in [0.717, 1.165) is 64.9 Å². The summed E-state index contributed by atoms with van der Waals surface area (Å²) in [6.07, 6.45) is 8.48. The third-order valence-corrected chi connectivity index (χ3v) is 9.46. The fourth-order valence-corrected chi connectivity index (χ4v) is 7.10. The molecule has 1 amide bonds. The van der Waals surface area contributed by atoms with Gasteiger partial charge in [-0.25, -0.2) is 0 Å². The van der Waals surface area contributed by atoms with Gasteiger partial charge in [0.05, 0.1) is 12.1 Å². The van der Waals surface area contributed by atoms with E-state index in [0.29, 0.717) is 35.9 Å². The highest BCUT2D eigenvalue weighted by molar-refractivity contribution is 6.02. The topological polar surface area (TPSA) is 87.8 Å². The van der Waals surface area contributed by atoms with E-state index in [4.69, 9.17) is 9.47 Å². The maximum absolute atomic E-state index is 14.2. The number of nitrogens with one attached hydrogen (secondary N) is 1. The number of aryl methyl sites for hydroxylation is 2. The van der Waals surface area contributed by atoms with E-state index in [-0.39, 0.29) is 23.9 Å². The molecule has 1 fully saturated rings. The molecule has 6 rings (SSSR count). The zero-order chi connectivity index (χ0) is 29.1. The molecule has 1 N–H and O–H groups in total. The highest BCUT2D eigenvalue weighted by Gasteiger charge is 2.49. The van der Waals surface area contributed by atoms with Crippen LogP contribution in [0, 0.1) is 26.7 Å². The molecule has 0 bridgehead atoms. The average molecular weight is 557 g/mol. The Morgan fingerprint density at radius 3 is 2.46 bits per heavy atom. The summed E-state index contributed by atoms with van der Waals surface area (Å²) in [6, 6.07) is 6.46. The Kier molecular flexibility index (Phi) is 6.92. The molecular weight excluding hydrogens is 516 g/mol. The molecule has 0 spiro atoms. The number of carbonyl (C=O) groups excluding carboxylic acids is 1. The summed E-state index contributed by atoms with van der Waals surface area (Å²) in [4.78, 5) is 38.3. The van der Waals surface area contributed by atoms with Crippen LogP contribution in [0.3, 0.4) is 0 Å². The highest BCUT2D eigenvalue weighted by atomic mass is 16.7. The number of fused-ring (bicyclic) bond motifs is 2. The van der Waals surface area contributed by atoms with Gasteiger partial charge in [-0.1, -0.05) is 6.07 Å². The van der Waals surface area contributed by atoms with Crippen molar-refractivity contribution in [1.29, 1.82) is 0 Å². The lowest BCUT2D eigenvalue weighted by atomic mass is 9.81. The summed E-state index contributed by atoms with van der Waals surface area (Å²) in [7, 11) is 4.30. The average Bonchev–Trinajstić information content (AvgIpc) is 3.31. The van der Waals surface area contributed by atoms with Gasteiger partial charge in [0.2, 0.25) is 0 Å². The van der Waals surface area contributed by atoms with Gasteiger partial charge in [-0.05, 0) is 90.2 Å². The van der Waals surface area contributed by atoms with E-state index in [9.17, 15) is 9.59 Å². The first-order chi connectivity index (χ1) is 19.6. The first-order valence-electron chi connectivity index (χ1n) is 14.7. The maximum atomic E-state index is 14.2. The summed E-state index contributed by atoms with van der Waals surface area (Å²) in [5.41, 5.74) is 6.43. The number of nitrogens with zero attached hydrogens (tertiary/aromatic N) is 3. The number of carbonyl (C=O) groups is 1. The minimum Gasteiger partial charge on any atom is -0.448 e. The second-order valence-corrected chi connectivity index (χ2v) is 12.4. The van der Waals surface area contributed by atoms with Gasteiger partial charge in [0.15, 0.2) is 11.5 Å². The number of H-pyrrole nitrogens is 1. The molecule has 1 saturated carbocycles. The van der Waals surface area contributed by atoms with Gasteiger partial charge in [-0.3, -0.25) is 14.6 Å². The third kappa shape index (κ3) is 4.72. The van der Waals surface area contributed by atoms with Gasteiger partial charge in [-0.15, -0.1) is 0 Å². The van der Waals surface area contributed by atoms with Gasteiger partial charge in [0.25, 0.3) is 17.3 Å². The first kappa shape index (κ1) is 27.5. The number of rotatable bonds is 5. The molecule has 2 aliphatic heterocycles. The SMILES string of the molecule is Cc1cc(C)c(CN2CCc3c(c(C)c4c(c3-c3cccnc3)O[C@](C)(C3CCC(N(C)C)CC3)O4)C2=O)c(=O)[nH]1. The Morgan fingerprint density at radius 1 is 1.07 bits per heavy atom. The Bertz CT molecular complexity index is 1560. The smallest absolute Gasteiger partial charge is 0.254 e. The van der Waals surface area contributed by atoms with Crippen LogP contribution in [-0.4, -0.2) is 58.1 Å². The highest BCUT2D eigenvalue weighted by Crippen LogP contribution is 2.55. The molecule has 0 saturated heterocycles. The monoisotopic (exact) mass is 556 g/mol. The molecule has 3 aliphatic rings. The summed E-state index contributed by atoms with van der Waals surface area (Å²) >= 11 is 0. The van der Waals surface area contributed by atoms with Crippen LogP contribution in [0.5, 0.6) is 11.5 Å². The Morgan fingerprint density at radius 2 is 1.80 bits per heavy atom. The molecule has 0 unspecified atom stereocenters. The maximum Gasteiger partial charge on any atom is 0.254 e. The molecule has 1 aromatic carbocycles. The quantitative estimate of drug-likeness (QED) is 0.467. The van der Waals surface area contributed by atoms with Crippen molar-refractivity contribution in [2.75, 3.05) is 20.6 Å². The van der Waals surface area contributed by atoms with Crippen LogP contribution in [0.4, 0.5) is 0 Å². The lowest BCUT2D eigenvalue weighted by molar-refractivity contribution is -0.123. The Balaban J connectivity index is 1.40. The van der Waals surface area contributed by atoms with E-state index >= 15 is 0 Å². The van der Waals surface area contributed by atoms with Gasteiger partial charge in [0, 0.05) is 65.8 Å². The summed E-state index contributed by atoms with van der Waals surface area (Å²) < 4.78 is 13.6. The van der Waals surface area contributed by atoms with Crippen molar-refractivity contribution >= 4 is 5.91 Å². The predicted molar refractivity (Wildman–Crippen MR) is 158 cm³/mol. The summed E-state index contributed by atoms with van der Waals surface area (Å²) in [6.45, 7) is 8.60. The molecule has 1 aliphatic carbocycles. The van der Waals surface area contributed by atoms with Crippen molar-refractivity contribution in [3.8, 4) is 22.6 Å². The molecule has 4 heterocycles. The number of ether oxygens (including phenoxy) is 2. The Hall–Kier alpha value is -3.65. The van der Waals surface area contributed by atoms with Crippen LogP contribution < -0.4 is 15.0 Å². The number of pyridine rings is 2. The van der Waals surface area contributed by atoms with Crippen LogP contribution in [0.25, 0.3) is 11.1 Å². The third-order valence-electron chi connectivity index (χ3n) is 9.46. The number of amides is 1. The molecule has 3 aromatic rings. The lowest BCUT2D eigenvalue weighted by Crippen LogP contribution is -2.46. The minimum absolute atomic E-state index is 0.0836. The van der Waals surface area contributed by atoms with Crippen LogP contribution in [0.15, 0.2) is 35.4 Å². The fourth-order valence-electron chi connectivity index (χ4n) is 7.10. The predicted octanol–water partition coefficient (Wildman–Crippen LogP) is 5.17.